The van der Waals surface area contributed by atoms with Crippen LogP contribution in [0.3, 0.4) is 0 Å². The van der Waals surface area contributed by atoms with Gasteiger partial charge in [-0.05, 0) is 60.9 Å². The minimum atomic E-state index is -0.673. The molecule has 5 rings (SSSR count). The molecule has 0 N–H and O–H groups in total. The quantitative estimate of drug-likeness (QED) is 0.240. The van der Waals surface area contributed by atoms with E-state index in [4.69, 9.17) is 37.4 Å². The first kappa shape index (κ1) is 28.7. The molecule has 1 aromatic heterocycles. The predicted molar refractivity (Wildman–Crippen MR) is 161 cm³/mol. The topological polar surface area (TPSA) is 79.1 Å². The molecule has 1 aliphatic heterocycles. The van der Waals surface area contributed by atoms with Gasteiger partial charge >= 0.3 is 5.97 Å². The highest BCUT2D eigenvalue weighted by atomic mass is 35.5. The number of carbonyl (C=O) groups is 1. The van der Waals surface area contributed by atoms with E-state index < -0.39 is 12.0 Å². The number of hydrogen-bond donors (Lipinski definition) is 0. The number of rotatable bonds is 8. The van der Waals surface area contributed by atoms with E-state index in [1.54, 1.807) is 41.8 Å². The molecule has 3 aromatic carbocycles. The van der Waals surface area contributed by atoms with Crippen molar-refractivity contribution in [1.29, 1.82) is 0 Å². The summed E-state index contributed by atoms with van der Waals surface area (Å²) >= 11 is 13.9. The number of benzene rings is 3. The van der Waals surface area contributed by atoms with E-state index in [-0.39, 0.29) is 12.2 Å². The third-order valence-electron chi connectivity index (χ3n) is 6.47. The zero-order valence-electron chi connectivity index (χ0n) is 22.5. The first-order chi connectivity index (χ1) is 19.8. The third-order valence-corrected chi connectivity index (χ3v) is 7.98. The maximum atomic E-state index is 13.8. The number of hydrogen-bond acceptors (Lipinski definition) is 7. The van der Waals surface area contributed by atoms with E-state index in [2.05, 4.69) is 4.99 Å². The van der Waals surface area contributed by atoms with Crippen LogP contribution in [-0.4, -0.2) is 24.3 Å². The van der Waals surface area contributed by atoms with Gasteiger partial charge in [-0.1, -0.05) is 77.0 Å². The number of thiazole rings is 1. The van der Waals surface area contributed by atoms with Gasteiger partial charge in [0, 0.05) is 5.02 Å². The van der Waals surface area contributed by atoms with Gasteiger partial charge in [0.15, 0.2) is 16.3 Å². The van der Waals surface area contributed by atoms with Crippen molar-refractivity contribution in [2.45, 2.75) is 26.5 Å². The molecule has 1 unspecified atom stereocenters. The van der Waals surface area contributed by atoms with Gasteiger partial charge in [0.1, 0.15) is 6.61 Å². The Morgan fingerprint density at radius 2 is 1.80 bits per heavy atom. The second kappa shape index (κ2) is 12.3. The van der Waals surface area contributed by atoms with Crippen LogP contribution in [0.2, 0.25) is 10.0 Å². The van der Waals surface area contributed by atoms with Crippen LogP contribution in [-0.2, 0) is 16.1 Å². The Labute approximate surface area is 250 Å². The minimum absolute atomic E-state index is 0.274. The minimum Gasteiger partial charge on any atom is -0.490 e. The fraction of sp³-hybridized carbons (Fsp3) is 0.194. The smallest absolute Gasteiger partial charge is 0.338 e. The molecule has 0 saturated carbocycles. The van der Waals surface area contributed by atoms with Crippen LogP contribution in [0.4, 0.5) is 0 Å². The Morgan fingerprint density at radius 1 is 1.07 bits per heavy atom. The number of halogens is 2. The fourth-order valence-corrected chi connectivity index (χ4v) is 6.05. The number of carbonyl (C=O) groups excluding carboxylic acids is 1. The van der Waals surface area contributed by atoms with Crippen molar-refractivity contribution >= 4 is 46.6 Å². The SMILES string of the molecule is CCOc1cc(C=c2sc3n(c2=O)C(c2ccccc2)C(C(=O)OC)=C(C)N=3)cc(Cl)c1OCc1ccc(Cl)cc1. The first-order valence-corrected chi connectivity index (χ1v) is 14.4. The molecule has 7 nitrogen and oxygen atoms in total. The van der Waals surface area contributed by atoms with Crippen molar-refractivity contribution in [3.05, 3.63) is 124 Å². The van der Waals surface area contributed by atoms with Gasteiger partial charge in [-0.25, -0.2) is 9.79 Å². The molecule has 41 heavy (non-hydrogen) atoms. The van der Waals surface area contributed by atoms with Crippen molar-refractivity contribution in [1.82, 2.24) is 4.57 Å². The van der Waals surface area contributed by atoms with Crippen molar-refractivity contribution in [3.63, 3.8) is 0 Å². The Hall–Kier alpha value is -3.85. The van der Waals surface area contributed by atoms with Gasteiger partial charge in [-0.3, -0.25) is 9.36 Å². The molecular formula is C31H26Cl2N2O5S. The van der Waals surface area contributed by atoms with Crippen LogP contribution in [0.1, 0.15) is 36.6 Å². The second-order valence-corrected chi connectivity index (χ2v) is 11.0. The normalized spacial score (nSPS) is 14.9. The number of methoxy groups -OCH3 is 1. The molecule has 0 saturated heterocycles. The predicted octanol–water partition coefficient (Wildman–Crippen LogP) is 5.69. The van der Waals surface area contributed by atoms with E-state index in [0.717, 1.165) is 11.1 Å². The lowest BCUT2D eigenvalue weighted by molar-refractivity contribution is -0.136. The summed E-state index contributed by atoms with van der Waals surface area (Å²) in [6.45, 7) is 4.28. The summed E-state index contributed by atoms with van der Waals surface area (Å²) in [4.78, 5) is 31.7. The van der Waals surface area contributed by atoms with E-state index in [1.165, 1.54) is 18.4 Å². The third kappa shape index (κ3) is 5.95. The number of ether oxygens (including phenoxy) is 3. The van der Waals surface area contributed by atoms with Crippen LogP contribution >= 0.6 is 34.5 Å². The van der Waals surface area contributed by atoms with Gasteiger partial charge < -0.3 is 14.2 Å². The van der Waals surface area contributed by atoms with Gasteiger partial charge in [0.25, 0.3) is 5.56 Å². The van der Waals surface area contributed by atoms with Gasteiger partial charge in [-0.2, -0.15) is 0 Å². The number of aromatic nitrogens is 1. The molecule has 0 fully saturated rings. The highest BCUT2D eigenvalue weighted by Gasteiger charge is 2.33. The Kier molecular flexibility index (Phi) is 8.63. The molecular weight excluding hydrogens is 583 g/mol. The lowest BCUT2D eigenvalue weighted by atomic mass is 9.96. The van der Waals surface area contributed by atoms with Crippen molar-refractivity contribution in [3.8, 4) is 11.5 Å². The van der Waals surface area contributed by atoms with E-state index in [1.807, 2.05) is 49.4 Å². The zero-order valence-corrected chi connectivity index (χ0v) is 24.8. The zero-order chi connectivity index (χ0) is 29.1. The maximum absolute atomic E-state index is 13.8. The van der Waals surface area contributed by atoms with Gasteiger partial charge in [0.2, 0.25) is 0 Å². The number of fused-ring (bicyclic) bond motifs is 1. The standard InChI is InChI=1S/C31H26Cl2N2O5S/c1-4-39-24-15-20(14-23(33)28(24)40-17-19-10-12-22(32)13-11-19)16-25-29(36)35-27(21-8-6-5-7-9-21)26(30(37)38-3)18(2)34-31(35)41-25/h5-16,27H,4,17H2,1-3H3. The average molecular weight is 610 g/mol. The van der Waals surface area contributed by atoms with E-state index in [9.17, 15) is 9.59 Å². The Balaban J connectivity index is 1.57. The highest BCUT2D eigenvalue weighted by molar-refractivity contribution is 7.07. The largest absolute Gasteiger partial charge is 0.490 e. The lowest BCUT2D eigenvalue weighted by Crippen LogP contribution is -2.39. The number of nitrogens with zero attached hydrogens (tertiary/aromatic N) is 2. The summed E-state index contributed by atoms with van der Waals surface area (Å²) in [6, 6.07) is 19.5. The number of esters is 1. The van der Waals surface area contributed by atoms with Crippen molar-refractivity contribution in [2.24, 2.45) is 4.99 Å². The molecule has 4 aromatic rings. The van der Waals surface area contributed by atoms with Crippen LogP contribution in [0, 0.1) is 0 Å². The Morgan fingerprint density at radius 3 is 2.49 bits per heavy atom. The first-order valence-electron chi connectivity index (χ1n) is 12.8. The molecule has 0 spiro atoms. The monoisotopic (exact) mass is 608 g/mol. The summed E-state index contributed by atoms with van der Waals surface area (Å²) in [7, 11) is 1.32. The van der Waals surface area contributed by atoms with Gasteiger partial charge in [0.05, 0.1) is 40.6 Å². The van der Waals surface area contributed by atoms with E-state index >= 15 is 0 Å². The average Bonchev–Trinajstić information content (AvgIpc) is 3.26. The maximum Gasteiger partial charge on any atom is 0.338 e. The summed E-state index contributed by atoms with van der Waals surface area (Å²) in [6.07, 6.45) is 1.74. The Bertz CT molecular complexity index is 1810. The summed E-state index contributed by atoms with van der Waals surface area (Å²) < 4.78 is 18.9. The van der Waals surface area contributed by atoms with Crippen molar-refractivity contribution < 1.29 is 19.0 Å². The molecule has 1 aliphatic rings. The molecule has 0 aliphatic carbocycles. The summed E-state index contributed by atoms with van der Waals surface area (Å²) in [5, 5.41) is 0.984. The molecule has 10 heteroatoms. The van der Waals surface area contributed by atoms with Crippen LogP contribution in [0.15, 0.2) is 87.8 Å². The molecule has 0 amide bonds. The van der Waals surface area contributed by atoms with Crippen LogP contribution < -0.4 is 24.4 Å². The molecule has 2 heterocycles. The number of allylic oxidation sites excluding steroid dienone is 1. The molecule has 210 valence electrons. The second-order valence-electron chi connectivity index (χ2n) is 9.16. The van der Waals surface area contributed by atoms with Crippen molar-refractivity contribution in [2.75, 3.05) is 13.7 Å². The van der Waals surface area contributed by atoms with E-state index in [0.29, 0.717) is 54.3 Å². The van der Waals surface area contributed by atoms with Gasteiger partial charge in [-0.15, -0.1) is 0 Å². The lowest BCUT2D eigenvalue weighted by Gasteiger charge is -2.24. The summed E-state index contributed by atoms with van der Waals surface area (Å²) in [5.41, 5.74) is 2.90. The summed E-state index contributed by atoms with van der Waals surface area (Å²) in [5.74, 6) is 0.334. The highest BCUT2D eigenvalue weighted by Crippen LogP contribution is 2.37. The fourth-order valence-electron chi connectivity index (χ4n) is 4.61. The van der Waals surface area contributed by atoms with Crippen LogP contribution in [0.5, 0.6) is 11.5 Å². The molecule has 0 bridgehead atoms. The molecule has 1 atom stereocenters. The molecule has 0 radical (unpaired) electrons. The van der Waals surface area contributed by atoms with Crippen LogP contribution in [0.25, 0.3) is 6.08 Å².